The number of nitrogens with zero attached hydrogens (tertiary/aromatic N) is 1. The van der Waals surface area contributed by atoms with Gasteiger partial charge in [0.15, 0.2) is 0 Å². The Labute approximate surface area is 90.8 Å². The van der Waals surface area contributed by atoms with Gasteiger partial charge in [0, 0.05) is 17.1 Å². The van der Waals surface area contributed by atoms with E-state index in [1.807, 2.05) is 0 Å². The number of nitrogen functional groups attached to an aromatic ring is 1. The lowest BCUT2D eigenvalue weighted by Crippen LogP contribution is -2.01. The molecule has 0 saturated carbocycles. The fourth-order valence-corrected chi connectivity index (χ4v) is 1.86. The third-order valence-electron chi connectivity index (χ3n) is 1.58. The smallest absolute Gasteiger partial charge is 0.265 e. The van der Waals surface area contributed by atoms with E-state index in [-0.39, 0.29) is 11.3 Å². The van der Waals surface area contributed by atoms with Crippen LogP contribution in [-0.2, 0) is 5.33 Å². The van der Waals surface area contributed by atoms with Gasteiger partial charge in [0.25, 0.3) is 6.43 Å². The zero-order chi connectivity index (χ0) is 10.0. The summed E-state index contributed by atoms with van der Waals surface area (Å²) in [4.78, 5) is 3.70. The van der Waals surface area contributed by atoms with Gasteiger partial charge in [0.2, 0.25) is 0 Å². The molecule has 0 saturated heterocycles. The number of anilines is 1. The number of hydrogen-bond acceptors (Lipinski definition) is 2. The maximum Gasteiger partial charge on any atom is 0.265 e. The van der Waals surface area contributed by atoms with Crippen molar-refractivity contribution in [1.29, 1.82) is 0 Å². The first kappa shape index (κ1) is 10.8. The molecule has 1 aromatic rings. The summed E-state index contributed by atoms with van der Waals surface area (Å²) in [5.41, 5.74) is 6.08. The highest BCUT2D eigenvalue weighted by molar-refractivity contribution is 9.10. The van der Waals surface area contributed by atoms with Gasteiger partial charge in [-0.15, -0.1) is 0 Å². The predicted molar refractivity (Wildman–Crippen MR) is 53.9 cm³/mol. The summed E-state index contributed by atoms with van der Waals surface area (Å²) in [5.74, 6) is 0. The Morgan fingerprint density at radius 2 is 2.15 bits per heavy atom. The van der Waals surface area contributed by atoms with Crippen molar-refractivity contribution >= 4 is 37.5 Å². The van der Waals surface area contributed by atoms with E-state index in [2.05, 4.69) is 36.8 Å². The summed E-state index contributed by atoms with van der Waals surface area (Å²) in [5, 5.41) is 0.291. The Bertz CT molecular complexity index is 318. The highest BCUT2D eigenvalue weighted by Gasteiger charge is 2.16. The number of alkyl halides is 3. The number of halogens is 4. The lowest BCUT2D eigenvalue weighted by molar-refractivity contribution is 0.150. The third kappa shape index (κ3) is 2.17. The molecule has 1 aromatic heterocycles. The van der Waals surface area contributed by atoms with Gasteiger partial charge in [0.1, 0.15) is 4.60 Å². The van der Waals surface area contributed by atoms with Crippen LogP contribution in [0, 0.1) is 0 Å². The van der Waals surface area contributed by atoms with Crippen LogP contribution >= 0.6 is 31.9 Å². The molecular weight excluding hydrogens is 310 g/mol. The summed E-state index contributed by atoms with van der Waals surface area (Å²) in [7, 11) is 0. The predicted octanol–water partition coefficient (Wildman–Crippen LogP) is 3.26. The van der Waals surface area contributed by atoms with E-state index in [0.29, 0.717) is 15.5 Å². The summed E-state index contributed by atoms with van der Waals surface area (Å²) in [6.45, 7) is 0. The molecule has 13 heavy (non-hydrogen) atoms. The zero-order valence-corrected chi connectivity index (χ0v) is 9.57. The van der Waals surface area contributed by atoms with E-state index < -0.39 is 6.43 Å². The van der Waals surface area contributed by atoms with Gasteiger partial charge in [-0.05, 0) is 21.5 Å². The molecule has 0 aliphatic heterocycles. The molecule has 0 aliphatic rings. The average molecular weight is 316 g/mol. The van der Waals surface area contributed by atoms with Crippen molar-refractivity contribution in [1.82, 2.24) is 4.98 Å². The fraction of sp³-hybridized carbons (Fsp3) is 0.286. The van der Waals surface area contributed by atoms with Crippen LogP contribution < -0.4 is 5.73 Å². The van der Waals surface area contributed by atoms with E-state index in [0.717, 1.165) is 6.20 Å². The lowest BCUT2D eigenvalue weighted by Gasteiger charge is -2.09. The molecule has 0 bridgehead atoms. The van der Waals surface area contributed by atoms with Crippen LogP contribution in [0.3, 0.4) is 0 Å². The number of rotatable bonds is 2. The second-order valence-electron chi connectivity index (χ2n) is 2.33. The summed E-state index contributed by atoms with van der Waals surface area (Å²) >= 11 is 6.17. The normalized spacial score (nSPS) is 10.8. The van der Waals surface area contributed by atoms with Crippen LogP contribution in [0.2, 0.25) is 0 Å². The number of pyridine rings is 1. The first-order valence-electron chi connectivity index (χ1n) is 3.34. The molecule has 2 nitrogen and oxygen atoms in total. The van der Waals surface area contributed by atoms with Crippen molar-refractivity contribution < 1.29 is 8.78 Å². The molecule has 0 amide bonds. The molecule has 0 unspecified atom stereocenters. The van der Waals surface area contributed by atoms with Gasteiger partial charge in [-0.1, -0.05) is 15.9 Å². The van der Waals surface area contributed by atoms with Gasteiger partial charge in [-0.3, -0.25) is 0 Å². The van der Waals surface area contributed by atoms with Crippen molar-refractivity contribution in [2.45, 2.75) is 11.8 Å². The molecule has 0 fully saturated rings. The number of nitrogens with two attached hydrogens (primary N) is 1. The minimum atomic E-state index is -2.55. The molecule has 2 N–H and O–H groups in total. The van der Waals surface area contributed by atoms with E-state index in [4.69, 9.17) is 5.73 Å². The highest BCUT2D eigenvalue weighted by atomic mass is 79.9. The minimum Gasteiger partial charge on any atom is -0.396 e. The number of hydrogen-bond donors (Lipinski definition) is 1. The maximum atomic E-state index is 12.4. The quantitative estimate of drug-likeness (QED) is 0.672. The molecule has 6 heteroatoms. The van der Waals surface area contributed by atoms with Gasteiger partial charge < -0.3 is 5.73 Å². The van der Waals surface area contributed by atoms with Crippen molar-refractivity contribution in [2.75, 3.05) is 5.73 Å². The van der Waals surface area contributed by atoms with Crippen molar-refractivity contribution in [3.63, 3.8) is 0 Å². The summed E-state index contributed by atoms with van der Waals surface area (Å²) in [6.07, 6.45) is -1.42. The van der Waals surface area contributed by atoms with E-state index >= 15 is 0 Å². The molecule has 72 valence electrons. The number of aromatic nitrogens is 1. The second kappa shape index (κ2) is 4.32. The minimum absolute atomic E-state index is 0.127. The zero-order valence-electron chi connectivity index (χ0n) is 6.40. The largest absolute Gasteiger partial charge is 0.396 e. The lowest BCUT2D eigenvalue weighted by atomic mass is 10.1. The maximum absolute atomic E-state index is 12.4. The topological polar surface area (TPSA) is 38.9 Å². The monoisotopic (exact) mass is 314 g/mol. The van der Waals surface area contributed by atoms with Crippen LogP contribution in [-0.4, -0.2) is 4.98 Å². The van der Waals surface area contributed by atoms with Gasteiger partial charge in [-0.25, -0.2) is 13.8 Å². The molecule has 0 aromatic carbocycles. The Hall–Kier alpha value is -0.230. The Kier molecular flexibility index (Phi) is 3.61. The molecule has 0 aliphatic carbocycles. The highest BCUT2D eigenvalue weighted by Crippen LogP contribution is 2.31. The first-order chi connectivity index (χ1) is 6.07. The summed E-state index contributed by atoms with van der Waals surface area (Å²) < 4.78 is 25.2. The van der Waals surface area contributed by atoms with Crippen LogP contribution in [0.1, 0.15) is 17.6 Å². The second-order valence-corrected chi connectivity index (χ2v) is 3.64. The van der Waals surface area contributed by atoms with Crippen LogP contribution in [0.4, 0.5) is 14.5 Å². The van der Waals surface area contributed by atoms with Crippen molar-refractivity contribution in [2.24, 2.45) is 0 Å². The molecular formula is C7H6Br2F2N2. The summed E-state index contributed by atoms with van der Waals surface area (Å²) in [6, 6.07) is 0. The van der Waals surface area contributed by atoms with Crippen molar-refractivity contribution in [3.05, 3.63) is 21.9 Å². The molecule has 0 spiro atoms. The molecule has 1 heterocycles. The van der Waals surface area contributed by atoms with Gasteiger partial charge >= 0.3 is 0 Å². The van der Waals surface area contributed by atoms with Gasteiger partial charge in [-0.2, -0.15) is 0 Å². The van der Waals surface area contributed by atoms with E-state index in [1.54, 1.807) is 0 Å². The Morgan fingerprint density at radius 1 is 1.54 bits per heavy atom. The van der Waals surface area contributed by atoms with E-state index in [9.17, 15) is 8.78 Å². The van der Waals surface area contributed by atoms with Gasteiger partial charge in [0.05, 0.1) is 5.69 Å². The standard InChI is InChI=1S/C7H6Br2F2N2/c8-1-3-4(7(10)11)2-13-6(9)5(3)12/h2,7H,1,12H2. The van der Waals surface area contributed by atoms with Crippen LogP contribution in [0.15, 0.2) is 10.8 Å². The molecule has 0 atom stereocenters. The van der Waals surface area contributed by atoms with Crippen LogP contribution in [0.25, 0.3) is 0 Å². The van der Waals surface area contributed by atoms with Crippen LogP contribution in [0.5, 0.6) is 0 Å². The molecule has 0 radical (unpaired) electrons. The third-order valence-corrected chi connectivity index (χ3v) is 2.77. The molecule has 1 rings (SSSR count). The Morgan fingerprint density at radius 3 is 2.62 bits per heavy atom. The van der Waals surface area contributed by atoms with E-state index in [1.165, 1.54) is 0 Å². The van der Waals surface area contributed by atoms with Crippen molar-refractivity contribution in [3.8, 4) is 0 Å². The average Bonchev–Trinajstić information content (AvgIpc) is 2.09. The SMILES string of the molecule is Nc1c(Br)ncc(C(F)F)c1CBr. The fourth-order valence-electron chi connectivity index (χ4n) is 0.891. The first-order valence-corrected chi connectivity index (χ1v) is 5.26. The Balaban J connectivity index is 3.30.